The largest absolute Gasteiger partial charge is 0.490 e. The maximum Gasteiger partial charge on any atom is 0.197 e. The van der Waals surface area contributed by atoms with Gasteiger partial charge in [0.2, 0.25) is 0 Å². The van der Waals surface area contributed by atoms with E-state index in [4.69, 9.17) is 4.74 Å². The van der Waals surface area contributed by atoms with Gasteiger partial charge in [-0.1, -0.05) is 6.92 Å². The number of thiazole rings is 1. The lowest BCUT2D eigenvalue weighted by Gasteiger charge is -2.05. The highest BCUT2D eigenvalue weighted by Gasteiger charge is 2.09. The number of allylic oxidation sites excluding steroid dienone is 1. The van der Waals surface area contributed by atoms with Crippen molar-refractivity contribution in [2.24, 2.45) is 0 Å². The zero-order valence-corrected chi connectivity index (χ0v) is 9.84. The highest BCUT2D eigenvalue weighted by atomic mass is 32.1. The van der Waals surface area contributed by atoms with Gasteiger partial charge in [-0.2, -0.15) is 0 Å². The average molecular weight is 225 g/mol. The first-order valence-electron chi connectivity index (χ1n) is 5.05. The summed E-state index contributed by atoms with van der Waals surface area (Å²) in [6.07, 6.45) is 4.79. The fourth-order valence-electron chi connectivity index (χ4n) is 1.13. The third kappa shape index (κ3) is 3.83. The Kier molecular flexibility index (Phi) is 5.04. The normalized spacial score (nSPS) is 11.5. The summed E-state index contributed by atoms with van der Waals surface area (Å²) in [5, 5.41) is 2.68. The molecule has 0 aliphatic heterocycles. The van der Waals surface area contributed by atoms with Crippen LogP contribution < -0.4 is 0 Å². The molecule has 1 rings (SSSR count). The van der Waals surface area contributed by atoms with Crippen molar-refractivity contribution in [1.29, 1.82) is 0 Å². The zero-order chi connectivity index (χ0) is 11.1. The van der Waals surface area contributed by atoms with E-state index in [9.17, 15) is 4.79 Å². The van der Waals surface area contributed by atoms with Crippen molar-refractivity contribution >= 4 is 23.2 Å². The van der Waals surface area contributed by atoms with Gasteiger partial charge in [0.15, 0.2) is 11.5 Å². The van der Waals surface area contributed by atoms with E-state index < -0.39 is 0 Å². The number of rotatable bonds is 6. The molecule has 0 fully saturated rings. The Bertz CT molecular complexity index is 330. The summed E-state index contributed by atoms with van der Waals surface area (Å²) >= 11 is 1.49. The lowest BCUT2D eigenvalue weighted by molar-refractivity contribution is -0.118. The fraction of sp³-hybridized carbons (Fsp3) is 0.455. The summed E-state index contributed by atoms with van der Waals surface area (Å²) in [7, 11) is 0. The lowest BCUT2D eigenvalue weighted by Crippen LogP contribution is -2.05. The SMILES string of the molecule is CCCC(=O)C(=Cc1nccs1)OCC. The van der Waals surface area contributed by atoms with Gasteiger partial charge in [-0.05, 0) is 13.3 Å². The van der Waals surface area contributed by atoms with E-state index in [2.05, 4.69) is 4.98 Å². The summed E-state index contributed by atoms with van der Waals surface area (Å²) in [6.45, 7) is 4.35. The number of ketones is 1. The van der Waals surface area contributed by atoms with Crippen molar-refractivity contribution in [3.63, 3.8) is 0 Å². The van der Waals surface area contributed by atoms with Crippen molar-refractivity contribution in [3.05, 3.63) is 22.3 Å². The Labute approximate surface area is 93.8 Å². The topological polar surface area (TPSA) is 39.2 Å². The van der Waals surface area contributed by atoms with E-state index in [0.29, 0.717) is 18.8 Å². The number of aromatic nitrogens is 1. The zero-order valence-electron chi connectivity index (χ0n) is 9.03. The molecule has 15 heavy (non-hydrogen) atoms. The summed E-state index contributed by atoms with van der Waals surface area (Å²) in [5.41, 5.74) is 0. The molecular weight excluding hydrogens is 210 g/mol. The summed E-state index contributed by atoms with van der Waals surface area (Å²) in [5.74, 6) is 0.476. The molecule has 1 heterocycles. The molecule has 0 aromatic carbocycles. The van der Waals surface area contributed by atoms with Gasteiger partial charge in [-0.25, -0.2) is 4.98 Å². The van der Waals surface area contributed by atoms with Crippen LogP contribution in [0.4, 0.5) is 0 Å². The number of hydrogen-bond donors (Lipinski definition) is 0. The van der Waals surface area contributed by atoms with Crippen LogP contribution in [0.15, 0.2) is 17.3 Å². The van der Waals surface area contributed by atoms with Gasteiger partial charge in [-0.3, -0.25) is 4.79 Å². The van der Waals surface area contributed by atoms with Crippen LogP contribution in [0.2, 0.25) is 0 Å². The van der Waals surface area contributed by atoms with Crippen LogP contribution in [0.3, 0.4) is 0 Å². The highest BCUT2D eigenvalue weighted by Crippen LogP contribution is 2.13. The first-order chi connectivity index (χ1) is 7.27. The molecule has 0 amide bonds. The maximum atomic E-state index is 11.6. The van der Waals surface area contributed by atoms with E-state index in [0.717, 1.165) is 11.4 Å². The minimum absolute atomic E-state index is 0.0505. The minimum atomic E-state index is 0.0505. The number of nitrogens with zero attached hydrogens (tertiary/aromatic N) is 1. The average Bonchev–Trinajstić information content (AvgIpc) is 2.70. The first-order valence-corrected chi connectivity index (χ1v) is 5.93. The number of ether oxygens (including phenoxy) is 1. The first kappa shape index (κ1) is 11.9. The summed E-state index contributed by atoms with van der Waals surface area (Å²) in [4.78, 5) is 15.7. The molecule has 82 valence electrons. The Hall–Kier alpha value is -1.16. The van der Waals surface area contributed by atoms with Gasteiger partial charge in [0.1, 0.15) is 5.01 Å². The number of Topliss-reactive ketones (excluding diaryl/α,β-unsaturated/α-hetero) is 1. The molecule has 0 aliphatic carbocycles. The fourth-order valence-corrected chi connectivity index (χ4v) is 1.68. The highest BCUT2D eigenvalue weighted by molar-refractivity contribution is 7.10. The molecule has 4 heteroatoms. The van der Waals surface area contributed by atoms with Gasteiger partial charge >= 0.3 is 0 Å². The third-order valence-corrected chi connectivity index (χ3v) is 2.48. The Morgan fingerprint density at radius 2 is 2.40 bits per heavy atom. The van der Waals surface area contributed by atoms with Crippen molar-refractivity contribution in [3.8, 4) is 0 Å². The number of carbonyl (C=O) groups excluding carboxylic acids is 1. The van der Waals surface area contributed by atoms with Crippen LogP contribution in [0.5, 0.6) is 0 Å². The van der Waals surface area contributed by atoms with E-state index in [1.807, 2.05) is 19.2 Å². The second-order valence-corrected chi connectivity index (χ2v) is 3.91. The van der Waals surface area contributed by atoms with Crippen molar-refractivity contribution in [2.75, 3.05) is 6.61 Å². The third-order valence-electron chi connectivity index (χ3n) is 1.76. The second kappa shape index (κ2) is 6.35. The van der Waals surface area contributed by atoms with Crippen molar-refractivity contribution < 1.29 is 9.53 Å². The van der Waals surface area contributed by atoms with Crippen LogP contribution in [-0.2, 0) is 9.53 Å². The van der Waals surface area contributed by atoms with Gasteiger partial charge in [0, 0.05) is 24.1 Å². The predicted octanol–water partition coefficient (Wildman–Crippen LogP) is 2.89. The smallest absolute Gasteiger partial charge is 0.197 e. The van der Waals surface area contributed by atoms with Crippen LogP contribution in [-0.4, -0.2) is 17.4 Å². The van der Waals surface area contributed by atoms with Gasteiger partial charge < -0.3 is 4.74 Å². The van der Waals surface area contributed by atoms with Gasteiger partial charge in [-0.15, -0.1) is 11.3 Å². The Morgan fingerprint density at radius 3 is 2.93 bits per heavy atom. The quantitative estimate of drug-likeness (QED) is 0.552. The minimum Gasteiger partial charge on any atom is -0.490 e. The molecule has 0 aliphatic rings. The van der Waals surface area contributed by atoms with E-state index in [1.54, 1.807) is 12.3 Å². The molecule has 0 radical (unpaired) electrons. The molecule has 0 saturated carbocycles. The predicted molar refractivity (Wildman–Crippen MR) is 61.6 cm³/mol. The molecular formula is C11H15NO2S. The second-order valence-electron chi connectivity index (χ2n) is 2.99. The van der Waals surface area contributed by atoms with Crippen LogP contribution in [0, 0.1) is 0 Å². The monoisotopic (exact) mass is 225 g/mol. The van der Waals surface area contributed by atoms with Gasteiger partial charge in [0.25, 0.3) is 0 Å². The van der Waals surface area contributed by atoms with Crippen LogP contribution >= 0.6 is 11.3 Å². The molecule has 1 aromatic rings. The Balaban J connectivity index is 2.77. The molecule has 0 bridgehead atoms. The molecule has 0 atom stereocenters. The molecule has 0 saturated heterocycles. The summed E-state index contributed by atoms with van der Waals surface area (Å²) < 4.78 is 5.31. The van der Waals surface area contributed by atoms with E-state index in [1.165, 1.54) is 11.3 Å². The van der Waals surface area contributed by atoms with Gasteiger partial charge in [0.05, 0.1) is 6.61 Å². The molecule has 0 unspecified atom stereocenters. The number of carbonyl (C=O) groups is 1. The lowest BCUT2D eigenvalue weighted by atomic mass is 10.2. The van der Waals surface area contributed by atoms with E-state index in [-0.39, 0.29) is 5.78 Å². The van der Waals surface area contributed by atoms with Crippen LogP contribution in [0.25, 0.3) is 6.08 Å². The molecule has 1 aromatic heterocycles. The standard InChI is InChI=1S/C11H15NO2S/c1-3-5-9(13)10(14-4-2)8-11-12-6-7-15-11/h6-8H,3-5H2,1-2H3. The molecule has 3 nitrogen and oxygen atoms in total. The van der Waals surface area contributed by atoms with Crippen molar-refractivity contribution in [1.82, 2.24) is 4.98 Å². The molecule has 0 N–H and O–H groups in total. The number of hydrogen-bond acceptors (Lipinski definition) is 4. The Morgan fingerprint density at radius 1 is 1.60 bits per heavy atom. The molecule has 0 spiro atoms. The van der Waals surface area contributed by atoms with E-state index >= 15 is 0 Å². The maximum absolute atomic E-state index is 11.6. The van der Waals surface area contributed by atoms with Crippen molar-refractivity contribution in [2.45, 2.75) is 26.7 Å². The van der Waals surface area contributed by atoms with Crippen LogP contribution in [0.1, 0.15) is 31.7 Å². The summed E-state index contributed by atoms with van der Waals surface area (Å²) in [6, 6.07) is 0.